The van der Waals surface area contributed by atoms with E-state index in [4.69, 9.17) is 0 Å². The molecule has 1 aromatic rings. The number of ketones is 1. The highest BCUT2D eigenvalue weighted by Crippen LogP contribution is 2.29. The Morgan fingerprint density at radius 2 is 2.05 bits per heavy atom. The highest BCUT2D eigenvalue weighted by atomic mass is 19.1. The molecule has 1 N–H and O–H groups in total. The zero-order valence-electron chi connectivity index (χ0n) is 12.2. The van der Waals surface area contributed by atoms with E-state index in [2.05, 4.69) is 11.8 Å². The third-order valence-electron chi connectivity index (χ3n) is 4.15. The Hall–Kier alpha value is -1.42. The van der Waals surface area contributed by atoms with E-state index in [0.29, 0.717) is 18.2 Å². The molecule has 0 bridgehead atoms. The molecule has 0 saturated heterocycles. The van der Waals surface area contributed by atoms with Gasteiger partial charge in [0.15, 0.2) is 5.78 Å². The Morgan fingerprint density at radius 3 is 2.60 bits per heavy atom. The summed E-state index contributed by atoms with van der Waals surface area (Å²) >= 11 is 0. The topological polar surface area (TPSA) is 40.5 Å². The summed E-state index contributed by atoms with van der Waals surface area (Å²) in [6.07, 6.45) is 4.77. The van der Waals surface area contributed by atoms with E-state index < -0.39 is 5.82 Å². The fraction of sp³-hybridized carbons (Fsp3) is 0.562. The van der Waals surface area contributed by atoms with E-state index in [9.17, 15) is 14.3 Å². The second-order valence-corrected chi connectivity index (χ2v) is 5.52. The molecule has 0 radical (unpaired) electrons. The molecule has 0 atom stereocenters. The number of hydrogen-bond donors (Lipinski definition) is 1. The number of phenolic OH excluding ortho intramolecular Hbond substituents is 1. The van der Waals surface area contributed by atoms with Crippen LogP contribution in [0.15, 0.2) is 12.1 Å². The van der Waals surface area contributed by atoms with Crippen LogP contribution in [0.5, 0.6) is 5.75 Å². The molecule has 1 aromatic carbocycles. The van der Waals surface area contributed by atoms with E-state index in [0.717, 1.165) is 25.5 Å². The van der Waals surface area contributed by atoms with E-state index >= 15 is 0 Å². The minimum atomic E-state index is -0.467. The molecule has 0 unspecified atom stereocenters. The van der Waals surface area contributed by atoms with E-state index in [1.807, 2.05) is 0 Å². The van der Waals surface area contributed by atoms with Crippen LogP contribution in [0.4, 0.5) is 4.39 Å². The zero-order valence-corrected chi connectivity index (χ0v) is 12.2. The summed E-state index contributed by atoms with van der Waals surface area (Å²) in [7, 11) is 0. The first-order valence-corrected chi connectivity index (χ1v) is 7.29. The first kappa shape index (κ1) is 15.0. The Bertz CT molecular complexity index is 495. The number of halogens is 1. The molecule has 4 heteroatoms. The Balaban J connectivity index is 2.25. The van der Waals surface area contributed by atoms with Crippen LogP contribution in [0.3, 0.4) is 0 Å². The number of benzene rings is 1. The SMILES string of the molecule is CCN(Cc1cc(F)cc(C(C)=O)c1O)C1CCCC1. The van der Waals surface area contributed by atoms with Crippen molar-refractivity contribution in [1.82, 2.24) is 4.90 Å². The van der Waals surface area contributed by atoms with Gasteiger partial charge in [0, 0.05) is 18.2 Å². The third kappa shape index (κ3) is 3.18. The van der Waals surface area contributed by atoms with Gasteiger partial charge in [-0.2, -0.15) is 0 Å². The molecule has 0 spiro atoms. The molecule has 2 rings (SSSR count). The lowest BCUT2D eigenvalue weighted by Crippen LogP contribution is -2.32. The number of hydrogen-bond acceptors (Lipinski definition) is 3. The normalized spacial score (nSPS) is 16.0. The molecule has 1 saturated carbocycles. The van der Waals surface area contributed by atoms with Crippen LogP contribution in [-0.2, 0) is 6.54 Å². The lowest BCUT2D eigenvalue weighted by molar-refractivity contribution is 0.101. The van der Waals surface area contributed by atoms with Gasteiger partial charge < -0.3 is 5.11 Å². The lowest BCUT2D eigenvalue weighted by atomic mass is 10.0. The second kappa shape index (κ2) is 6.35. The first-order valence-electron chi connectivity index (χ1n) is 7.29. The smallest absolute Gasteiger partial charge is 0.163 e. The van der Waals surface area contributed by atoms with Gasteiger partial charge in [0.2, 0.25) is 0 Å². The number of carbonyl (C=O) groups excluding carboxylic acids is 1. The van der Waals surface area contributed by atoms with Crippen molar-refractivity contribution in [3.8, 4) is 5.75 Å². The molecule has 0 aromatic heterocycles. The lowest BCUT2D eigenvalue weighted by Gasteiger charge is -2.28. The largest absolute Gasteiger partial charge is 0.507 e. The fourth-order valence-corrected chi connectivity index (χ4v) is 3.03. The molecule has 3 nitrogen and oxygen atoms in total. The van der Waals surface area contributed by atoms with E-state index in [1.165, 1.54) is 25.8 Å². The first-order chi connectivity index (χ1) is 9.52. The third-order valence-corrected chi connectivity index (χ3v) is 4.15. The molecule has 20 heavy (non-hydrogen) atoms. The van der Waals surface area contributed by atoms with Crippen LogP contribution >= 0.6 is 0 Å². The molecule has 0 amide bonds. The number of Topliss-reactive ketones (excluding diaryl/α,β-unsaturated/α-hetero) is 1. The van der Waals surface area contributed by atoms with Gasteiger partial charge in [-0.05, 0) is 38.4 Å². The van der Waals surface area contributed by atoms with E-state index in [1.54, 1.807) is 0 Å². The minimum absolute atomic E-state index is 0.0717. The van der Waals surface area contributed by atoms with Crippen molar-refractivity contribution in [1.29, 1.82) is 0 Å². The maximum atomic E-state index is 13.6. The van der Waals surface area contributed by atoms with Crippen molar-refractivity contribution in [3.63, 3.8) is 0 Å². The van der Waals surface area contributed by atoms with Crippen LogP contribution < -0.4 is 0 Å². The monoisotopic (exact) mass is 279 g/mol. The summed E-state index contributed by atoms with van der Waals surface area (Å²) in [5.74, 6) is -0.854. The average molecular weight is 279 g/mol. The summed E-state index contributed by atoms with van der Waals surface area (Å²) in [5, 5.41) is 10.2. The second-order valence-electron chi connectivity index (χ2n) is 5.52. The van der Waals surface area contributed by atoms with Crippen LogP contribution in [-0.4, -0.2) is 28.4 Å². The van der Waals surface area contributed by atoms with Gasteiger partial charge in [0.1, 0.15) is 11.6 Å². The Morgan fingerprint density at radius 1 is 1.40 bits per heavy atom. The fourth-order valence-electron chi connectivity index (χ4n) is 3.03. The molecule has 0 heterocycles. The van der Waals surface area contributed by atoms with Gasteiger partial charge in [-0.15, -0.1) is 0 Å². The zero-order chi connectivity index (χ0) is 14.7. The summed E-state index contributed by atoms with van der Waals surface area (Å²) in [6.45, 7) is 4.76. The highest BCUT2D eigenvalue weighted by Gasteiger charge is 2.23. The maximum Gasteiger partial charge on any atom is 0.163 e. The van der Waals surface area contributed by atoms with Gasteiger partial charge in [0.25, 0.3) is 0 Å². The number of rotatable bonds is 5. The van der Waals surface area contributed by atoms with Crippen molar-refractivity contribution in [2.45, 2.75) is 52.1 Å². The molecular formula is C16H22FNO2. The molecule has 0 aliphatic heterocycles. The number of nitrogens with zero attached hydrogens (tertiary/aromatic N) is 1. The van der Waals surface area contributed by atoms with Gasteiger partial charge in [-0.3, -0.25) is 9.69 Å². The maximum absolute atomic E-state index is 13.6. The molecular weight excluding hydrogens is 257 g/mol. The van der Waals surface area contributed by atoms with Crippen LogP contribution in [0.1, 0.15) is 55.5 Å². The summed E-state index contributed by atoms with van der Waals surface area (Å²) < 4.78 is 13.6. The predicted octanol–water partition coefficient (Wildman–Crippen LogP) is 3.50. The summed E-state index contributed by atoms with van der Waals surface area (Å²) in [6, 6.07) is 2.94. The minimum Gasteiger partial charge on any atom is -0.507 e. The van der Waals surface area contributed by atoms with E-state index in [-0.39, 0.29) is 17.1 Å². The summed E-state index contributed by atoms with van der Waals surface area (Å²) in [4.78, 5) is 13.7. The average Bonchev–Trinajstić information content (AvgIpc) is 2.92. The molecule has 1 aliphatic rings. The standard InChI is InChI=1S/C16H22FNO2/c1-3-18(14-6-4-5-7-14)10-12-8-13(17)9-15(11(2)19)16(12)20/h8-9,14,20H,3-7,10H2,1-2H3. The van der Waals surface area contributed by atoms with Crippen molar-refractivity contribution >= 4 is 5.78 Å². The van der Waals surface area contributed by atoms with Crippen molar-refractivity contribution < 1.29 is 14.3 Å². The van der Waals surface area contributed by atoms with Gasteiger partial charge in [-0.25, -0.2) is 4.39 Å². The van der Waals surface area contributed by atoms with Crippen molar-refractivity contribution in [3.05, 3.63) is 29.1 Å². The van der Waals surface area contributed by atoms with Crippen molar-refractivity contribution in [2.75, 3.05) is 6.54 Å². The number of aromatic hydroxyl groups is 1. The predicted molar refractivity (Wildman–Crippen MR) is 76.4 cm³/mol. The van der Waals surface area contributed by atoms with Crippen LogP contribution in [0, 0.1) is 5.82 Å². The Labute approximate surface area is 119 Å². The van der Waals surface area contributed by atoms with Crippen LogP contribution in [0.25, 0.3) is 0 Å². The highest BCUT2D eigenvalue weighted by molar-refractivity contribution is 5.97. The van der Waals surface area contributed by atoms with Gasteiger partial charge >= 0.3 is 0 Å². The van der Waals surface area contributed by atoms with Crippen LogP contribution in [0.2, 0.25) is 0 Å². The summed E-state index contributed by atoms with van der Waals surface area (Å²) in [5.41, 5.74) is 0.575. The molecule has 1 aliphatic carbocycles. The van der Waals surface area contributed by atoms with Gasteiger partial charge in [0.05, 0.1) is 5.56 Å². The van der Waals surface area contributed by atoms with Gasteiger partial charge in [-0.1, -0.05) is 19.8 Å². The van der Waals surface area contributed by atoms with Crippen molar-refractivity contribution in [2.24, 2.45) is 0 Å². The molecule has 110 valence electrons. The number of phenols is 1. The molecule has 1 fully saturated rings. The quantitative estimate of drug-likeness (QED) is 0.839. The Kier molecular flexibility index (Phi) is 4.76. The number of carbonyl (C=O) groups is 1.